The smallest absolute Gasteiger partial charge is 0.271 e. The third-order valence-corrected chi connectivity index (χ3v) is 5.65. The fourth-order valence-corrected chi connectivity index (χ4v) is 3.89. The molecule has 2 N–H and O–H groups in total. The van der Waals surface area contributed by atoms with Gasteiger partial charge in [0.25, 0.3) is 15.9 Å². The van der Waals surface area contributed by atoms with Crippen molar-refractivity contribution in [1.82, 2.24) is 5.43 Å². The lowest BCUT2D eigenvalue weighted by Gasteiger charge is -2.12. The Morgan fingerprint density at radius 3 is 2.43 bits per heavy atom. The lowest BCUT2D eigenvalue weighted by molar-refractivity contribution is 0.0955. The minimum absolute atomic E-state index is 0.0439. The van der Waals surface area contributed by atoms with Gasteiger partial charge in [-0.3, -0.25) is 9.52 Å². The first-order valence-electron chi connectivity index (χ1n) is 9.04. The van der Waals surface area contributed by atoms with Gasteiger partial charge in [0, 0.05) is 5.56 Å². The molecule has 0 atom stereocenters. The van der Waals surface area contributed by atoms with Crippen molar-refractivity contribution in [3.63, 3.8) is 0 Å². The SMILES string of the molecule is Cc1ccc(NS(=O)(=O)c2cccc(C(=O)N/N=C/c3ccc(F)cc3)c2)c(C)c1. The Bertz CT molecular complexity index is 1210. The summed E-state index contributed by atoms with van der Waals surface area (Å²) in [6.45, 7) is 3.74. The van der Waals surface area contributed by atoms with Crippen LogP contribution < -0.4 is 10.1 Å². The van der Waals surface area contributed by atoms with E-state index in [0.717, 1.165) is 11.1 Å². The van der Waals surface area contributed by atoms with Gasteiger partial charge in [-0.1, -0.05) is 35.9 Å². The number of nitrogens with zero attached hydrogens (tertiary/aromatic N) is 1. The van der Waals surface area contributed by atoms with Gasteiger partial charge in [0.05, 0.1) is 16.8 Å². The predicted molar refractivity (Wildman–Crippen MR) is 115 cm³/mol. The summed E-state index contributed by atoms with van der Waals surface area (Å²) >= 11 is 0. The van der Waals surface area contributed by atoms with Gasteiger partial charge in [-0.25, -0.2) is 18.2 Å². The summed E-state index contributed by atoms with van der Waals surface area (Å²) in [5, 5.41) is 3.81. The number of hydrogen-bond donors (Lipinski definition) is 2. The van der Waals surface area contributed by atoms with Crippen molar-refractivity contribution in [3.05, 3.63) is 94.8 Å². The van der Waals surface area contributed by atoms with E-state index in [1.807, 2.05) is 26.0 Å². The highest BCUT2D eigenvalue weighted by Crippen LogP contribution is 2.21. The number of halogens is 1. The van der Waals surface area contributed by atoms with Crippen molar-refractivity contribution in [3.8, 4) is 0 Å². The average Bonchev–Trinajstić information content (AvgIpc) is 2.71. The molecule has 3 rings (SSSR count). The van der Waals surface area contributed by atoms with Crippen LogP contribution in [0.1, 0.15) is 27.0 Å². The van der Waals surface area contributed by atoms with Gasteiger partial charge in [0.15, 0.2) is 0 Å². The van der Waals surface area contributed by atoms with Crippen LogP contribution in [0.5, 0.6) is 0 Å². The number of nitrogens with one attached hydrogen (secondary N) is 2. The zero-order valence-corrected chi connectivity index (χ0v) is 17.2. The number of carbonyl (C=O) groups is 1. The molecule has 0 fully saturated rings. The standard InChI is InChI=1S/C22H20FN3O3S/c1-15-6-11-21(16(2)12-15)26-30(28,29)20-5-3-4-18(13-20)22(27)25-24-14-17-7-9-19(23)10-8-17/h3-14,26H,1-2H3,(H,25,27)/b24-14+. The molecule has 0 aliphatic rings. The molecule has 0 aliphatic carbocycles. The first-order valence-corrected chi connectivity index (χ1v) is 10.5. The summed E-state index contributed by atoms with van der Waals surface area (Å²) in [5.41, 5.74) is 5.35. The second-order valence-corrected chi connectivity index (χ2v) is 8.38. The largest absolute Gasteiger partial charge is 0.279 e. The molecule has 6 nitrogen and oxygen atoms in total. The Hall–Kier alpha value is -3.52. The van der Waals surface area contributed by atoms with Crippen molar-refractivity contribution in [2.75, 3.05) is 4.72 Å². The molecule has 0 radical (unpaired) electrons. The highest BCUT2D eigenvalue weighted by atomic mass is 32.2. The van der Waals surface area contributed by atoms with Crippen molar-refractivity contribution in [1.29, 1.82) is 0 Å². The molecule has 8 heteroatoms. The Morgan fingerprint density at radius 1 is 1.00 bits per heavy atom. The molecule has 0 saturated carbocycles. The molecule has 0 heterocycles. The summed E-state index contributed by atoms with van der Waals surface area (Å²) < 4.78 is 40.9. The van der Waals surface area contributed by atoms with Gasteiger partial charge in [0.1, 0.15) is 5.82 Å². The van der Waals surface area contributed by atoms with Crippen LogP contribution >= 0.6 is 0 Å². The maximum Gasteiger partial charge on any atom is 0.271 e. The second-order valence-electron chi connectivity index (χ2n) is 6.70. The number of sulfonamides is 1. The van der Waals surface area contributed by atoms with Gasteiger partial charge in [-0.05, 0) is 61.4 Å². The molecule has 0 spiro atoms. The maximum atomic E-state index is 12.9. The molecule has 0 saturated heterocycles. The van der Waals surface area contributed by atoms with E-state index in [1.54, 1.807) is 6.07 Å². The third-order valence-electron chi connectivity index (χ3n) is 4.28. The molecular weight excluding hydrogens is 405 g/mol. The number of hydrazone groups is 1. The molecule has 3 aromatic carbocycles. The number of rotatable bonds is 6. The number of hydrogen-bond acceptors (Lipinski definition) is 4. The van der Waals surface area contributed by atoms with E-state index >= 15 is 0 Å². The Morgan fingerprint density at radius 2 is 1.73 bits per heavy atom. The first-order chi connectivity index (χ1) is 14.2. The van der Waals surface area contributed by atoms with Gasteiger partial charge >= 0.3 is 0 Å². The molecule has 1 amide bonds. The fourth-order valence-electron chi connectivity index (χ4n) is 2.72. The van der Waals surface area contributed by atoms with E-state index in [0.29, 0.717) is 11.3 Å². The van der Waals surface area contributed by atoms with Crippen molar-refractivity contribution in [2.24, 2.45) is 5.10 Å². The van der Waals surface area contributed by atoms with Gasteiger partial charge < -0.3 is 0 Å². The lowest BCUT2D eigenvalue weighted by Crippen LogP contribution is -2.19. The Balaban J connectivity index is 1.74. The predicted octanol–water partition coefficient (Wildman–Crippen LogP) is 4.01. The van der Waals surface area contributed by atoms with E-state index in [1.165, 1.54) is 54.7 Å². The molecule has 0 aromatic heterocycles. The second kappa shape index (κ2) is 8.87. The molecule has 0 aliphatic heterocycles. The normalized spacial score (nSPS) is 11.4. The molecule has 3 aromatic rings. The molecule has 0 unspecified atom stereocenters. The Kier molecular flexibility index (Phi) is 6.27. The van der Waals surface area contributed by atoms with E-state index in [9.17, 15) is 17.6 Å². The van der Waals surface area contributed by atoms with Crippen molar-refractivity contribution in [2.45, 2.75) is 18.7 Å². The van der Waals surface area contributed by atoms with Crippen LogP contribution in [0.3, 0.4) is 0 Å². The quantitative estimate of drug-likeness (QED) is 0.462. The number of anilines is 1. The maximum absolute atomic E-state index is 12.9. The van der Waals surface area contributed by atoms with Crippen LogP contribution in [0.15, 0.2) is 76.7 Å². The minimum atomic E-state index is -3.88. The summed E-state index contributed by atoms with van der Waals surface area (Å²) in [4.78, 5) is 12.3. The molecule has 30 heavy (non-hydrogen) atoms. The number of benzene rings is 3. The zero-order valence-electron chi connectivity index (χ0n) is 16.4. The molecule has 0 bridgehead atoms. The topological polar surface area (TPSA) is 87.6 Å². The van der Waals surface area contributed by atoms with Crippen molar-refractivity contribution >= 4 is 27.8 Å². The van der Waals surface area contributed by atoms with Crippen LogP contribution in [-0.2, 0) is 10.0 Å². The van der Waals surface area contributed by atoms with Crippen molar-refractivity contribution < 1.29 is 17.6 Å². The van der Waals surface area contributed by atoms with Gasteiger partial charge in [-0.2, -0.15) is 5.10 Å². The van der Waals surface area contributed by atoms with Crippen LogP contribution in [0, 0.1) is 19.7 Å². The fraction of sp³-hybridized carbons (Fsp3) is 0.0909. The lowest BCUT2D eigenvalue weighted by atomic mass is 10.1. The van der Waals surface area contributed by atoms with Gasteiger partial charge in [0.2, 0.25) is 0 Å². The van der Waals surface area contributed by atoms with E-state index in [4.69, 9.17) is 0 Å². The first kappa shape index (κ1) is 21.2. The highest BCUT2D eigenvalue weighted by molar-refractivity contribution is 7.92. The minimum Gasteiger partial charge on any atom is -0.279 e. The van der Waals surface area contributed by atoms with Gasteiger partial charge in [-0.15, -0.1) is 0 Å². The van der Waals surface area contributed by atoms with Crippen LogP contribution in [0.2, 0.25) is 0 Å². The molecule has 154 valence electrons. The zero-order chi connectivity index (χ0) is 21.7. The monoisotopic (exact) mass is 425 g/mol. The summed E-state index contributed by atoms with van der Waals surface area (Å²) in [6, 6.07) is 16.6. The highest BCUT2D eigenvalue weighted by Gasteiger charge is 2.17. The summed E-state index contributed by atoms with van der Waals surface area (Å²) in [6.07, 6.45) is 1.36. The number of amides is 1. The Labute approximate surface area is 174 Å². The third kappa shape index (κ3) is 5.30. The van der Waals surface area contributed by atoms with E-state index in [2.05, 4.69) is 15.2 Å². The van der Waals surface area contributed by atoms with E-state index in [-0.39, 0.29) is 16.3 Å². The number of carbonyl (C=O) groups excluding carboxylic acids is 1. The van der Waals surface area contributed by atoms with Crippen LogP contribution in [0.25, 0.3) is 0 Å². The number of aryl methyl sites for hydroxylation is 2. The summed E-state index contributed by atoms with van der Waals surface area (Å²) in [5.74, 6) is -0.944. The van der Waals surface area contributed by atoms with Crippen LogP contribution in [0.4, 0.5) is 10.1 Å². The van der Waals surface area contributed by atoms with Crippen LogP contribution in [-0.4, -0.2) is 20.5 Å². The van der Waals surface area contributed by atoms with E-state index < -0.39 is 15.9 Å². The summed E-state index contributed by atoms with van der Waals surface area (Å²) in [7, 11) is -3.88. The molecular formula is C22H20FN3O3S. The average molecular weight is 425 g/mol.